The lowest BCUT2D eigenvalue weighted by Crippen LogP contribution is -2.45. The van der Waals surface area contributed by atoms with E-state index in [2.05, 4.69) is 16.7 Å². The van der Waals surface area contributed by atoms with E-state index >= 15 is 0 Å². The zero-order valence-corrected chi connectivity index (χ0v) is 14.8. The maximum atomic E-state index is 12.6. The normalized spacial score (nSPS) is 16.9. The van der Waals surface area contributed by atoms with Crippen molar-refractivity contribution >= 4 is 23.1 Å². The number of halogens is 3. The first-order valence-corrected chi connectivity index (χ1v) is 9.11. The number of carbonyl (C=O) groups excluding carboxylic acids is 1. The molecule has 0 spiro atoms. The molecule has 0 radical (unpaired) electrons. The first kappa shape index (κ1) is 18.7. The van der Waals surface area contributed by atoms with Crippen LogP contribution in [0.25, 0.3) is 0 Å². The fraction of sp³-hybridized carbons (Fsp3) is 0.389. The summed E-state index contributed by atoms with van der Waals surface area (Å²) < 4.78 is 43.2. The van der Waals surface area contributed by atoms with Gasteiger partial charge < -0.3 is 15.4 Å². The van der Waals surface area contributed by atoms with E-state index in [1.807, 2.05) is 11.4 Å². The van der Waals surface area contributed by atoms with Crippen molar-refractivity contribution in [1.82, 2.24) is 5.32 Å². The molecule has 1 aliphatic rings. The number of urea groups is 1. The van der Waals surface area contributed by atoms with Gasteiger partial charge in [0.15, 0.2) is 0 Å². The first-order chi connectivity index (χ1) is 12.4. The summed E-state index contributed by atoms with van der Waals surface area (Å²) in [5.74, 6) is 0. The SMILES string of the molecule is O=C(NCC1(c2cccs2)CCOCC1)Nc1ccc(C(F)(F)F)cc1. The van der Waals surface area contributed by atoms with E-state index < -0.39 is 17.8 Å². The smallest absolute Gasteiger partial charge is 0.381 e. The van der Waals surface area contributed by atoms with Crippen LogP contribution >= 0.6 is 11.3 Å². The highest BCUT2D eigenvalue weighted by Gasteiger charge is 2.35. The molecule has 140 valence electrons. The summed E-state index contributed by atoms with van der Waals surface area (Å²) in [6, 6.07) is 7.98. The maximum absolute atomic E-state index is 12.6. The van der Waals surface area contributed by atoms with Gasteiger partial charge in [0, 0.05) is 35.7 Å². The molecule has 2 heterocycles. The molecular formula is C18H19F3N2O2S. The van der Waals surface area contributed by atoms with E-state index in [1.54, 1.807) is 11.3 Å². The van der Waals surface area contributed by atoms with Crippen LogP contribution < -0.4 is 10.6 Å². The van der Waals surface area contributed by atoms with Crippen molar-refractivity contribution in [2.24, 2.45) is 0 Å². The number of nitrogens with one attached hydrogen (secondary N) is 2. The van der Waals surface area contributed by atoms with Gasteiger partial charge in [-0.05, 0) is 48.6 Å². The Morgan fingerprint density at radius 3 is 2.42 bits per heavy atom. The van der Waals surface area contributed by atoms with Crippen molar-refractivity contribution in [3.8, 4) is 0 Å². The zero-order valence-electron chi connectivity index (χ0n) is 13.9. The fourth-order valence-corrected chi connectivity index (χ4v) is 4.01. The summed E-state index contributed by atoms with van der Waals surface area (Å²) in [4.78, 5) is 13.4. The average molecular weight is 384 g/mol. The molecule has 2 amide bonds. The number of rotatable bonds is 4. The minimum atomic E-state index is -4.39. The van der Waals surface area contributed by atoms with Crippen LogP contribution in [-0.4, -0.2) is 25.8 Å². The molecule has 0 atom stereocenters. The van der Waals surface area contributed by atoms with E-state index in [0.717, 1.165) is 25.0 Å². The van der Waals surface area contributed by atoms with Crippen molar-refractivity contribution in [1.29, 1.82) is 0 Å². The Hall–Kier alpha value is -2.06. The van der Waals surface area contributed by atoms with Gasteiger partial charge in [0.25, 0.3) is 0 Å². The van der Waals surface area contributed by atoms with Crippen LogP contribution in [0.3, 0.4) is 0 Å². The number of amides is 2. The first-order valence-electron chi connectivity index (χ1n) is 8.23. The second-order valence-corrected chi connectivity index (χ2v) is 7.20. The van der Waals surface area contributed by atoms with Crippen LogP contribution in [-0.2, 0) is 16.3 Å². The summed E-state index contributed by atoms with van der Waals surface area (Å²) in [5, 5.41) is 7.44. The second kappa shape index (κ2) is 7.67. The van der Waals surface area contributed by atoms with Crippen LogP contribution in [0, 0.1) is 0 Å². The lowest BCUT2D eigenvalue weighted by Gasteiger charge is -2.36. The highest BCUT2D eigenvalue weighted by atomic mass is 32.1. The van der Waals surface area contributed by atoms with Crippen LogP contribution in [0.1, 0.15) is 23.3 Å². The Labute approximate surface area is 153 Å². The Balaban J connectivity index is 1.60. The quantitative estimate of drug-likeness (QED) is 0.807. The molecule has 1 aromatic carbocycles. The molecule has 1 fully saturated rings. The molecule has 1 aromatic heterocycles. The molecule has 2 N–H and O–H groups in total. The Bertz CT molecular complexity index is 724. The summed E-state index contributed by atoms with van der Waals surface area (Å²) in [7, 11) is 0. The minimum absolute atomic E-state index is 0.163. The second-order valence-electron chi connectivity index (χ2n) is 6.25. The monoisotopic (exact) mass is 384 g/mol. The van der Waals surface area contributed by atoms with Gasteiger partial charge in [-0.15, -0.1) is 11.3 Å². The van der Waals surface area contributed by atoms with Crippen molar-refractivity contribution in [2.75, 3.05) is 25.1 Å². The number of benzene rings is 1. The maximum Gasteiger partial charge on any atom is 0.416 e. The summed E-state index contributed by atoms with van der Waals surface area (Å²) in [6.07, 6.45) is -2.76. The van der Waals surface area contributed by atoms with E-state index in [-0.39, 0.29) is 5.41 Å². The topological polar surface area (TPSA) is 50.4 Å². The number of alkyl halides is 3. The van der Waals surface area contributed by atoms with Crippen LogP contribution in [0.15, 0.2) is 41.8 Å². The predicted molar refractivity (Wildman–Crippen MR) is 94.5 cm³/mol. The molecule has 2 aromatic rings. The standard InChI is InChI=1S/C18H19F3N2O2S/c19-18(20,21)13-3-5-14(6-4-13)23-16(24)22-12-17(7-9-25-10-8-17)15-2-1-11-26-15/h1-6,11H,7-10,12H2,(H2,22,23,24). The van der Waals surface area contributed by atoms with Crippen LogP contribution in [0.4, 0.5) is 23.7 Å². The van der Waals surface area contributed by atoms with E-state index in [0.29, 0.717) is 25.4 Å². The highest BCUT2D eigenvalue weighted by molar-refractivity contribution is 7.10. The molecule has 4 nitrogen and oxygen atoms in total. The molecule has 1 saturated heterocycles. The molecule has 26 heavy (non-hydrogen) atoms. The van der Waals surface area contributed by atoms with Gasteiger partial charge in [-0.1, -0.05) is 6.07 Å². The molecule has 0 bridgehead atoms. The van der Waals surface area contributed by atoms with E-state index in [1.165, 1.54) is 17.0 Å². The Morgan fingerprint density at radius 1 is 1.15 bits per heavy atom. The minimum Gasteiger partial charge on any atom is -0.381 e. The van der Waals surface area contributed by atoms with Gasteiger partial charge >= 0.3 is 12.2 Å². The van der Waals surface area contributed by atoms with Crippen molar-refractivity contribution in [3.63, 3.8) is 0 Å². The third-order valence-corrected chi connectivity index (χ3v) is 5.67. The van der Waals surface area contributed by atoms with Gasteiger partial charge in [0.05, 0.1) is 5.56 Å². The lowest BCUT2D eigenvalue weighted by atomic mass is 9.78. The molecule has 1 aliphatic heterocycles. The van der Waals surface area contributed by atoms with Crippen molar-refractivity contribution < 1.29 is 22.7 Å². The van der Waals surface area contributed by atoms with Crippen molar-refractivity contribution in [2.45, 2.75) is 24.4 Å². The van der Waals surface area contributed by atoms with Gasteiger partial charge in [-0.2, -0.15) is 13.2 Å². The summed E-state index contributed by atoms with van der Waals surface area (Å²) >= 11 is 1.65. The molecule has 0 saturated carbocycles. The van der Waals surface area contributed by atoms with Gasteiger partial charge in [0.2, 0.25) is 0 Å². The summed E-state index contributed by atoms with van der Waals surface area (Å²) in [5.41, 5.74) is -0.598. The van der Waals surface area contributed by atoms with Crippen LogP contribution in [0.2, 0.25) is 0 Å². The molecule has 0 unspecified atom stereocenters. The summed E-state index contributed by atoms with van der Waals surface area (Å²) in [6.45, 7) is 1.73. The number of ether oxygens (including phenoxy) is 1. The predicted octanol–water partition coefficient (Wildman–Crippen LogP) is 4.64. The molecule has 0 aliphatic carbocycles. The molecule has 8 heteroatoms. The molecular weight excluding hydrogens is 365 g/mol. The number of hydrogen-bond acceptors (Lipinski definition) is 3. The Kier molecular flexibility index (Phi) is 5.52. The number of thiophene rings is 1. The van der Waals surface area contributed by atoms with E-state index in [4.69, 9.17) is 4.74 Å². The van der Waals surface area contributed by atoms with Crippen LogP contribution in [0.5, 0.6) is 0 Å². The Morgan fingerprint density at radius 2 is 1.85 bits per heavy atom. The number of hydrogen-bond donors (Lipinski definition) is 2. The zero-order chi connectivity index (χ0) is 18.6. The third kappa shape index (κ3) is 4.37. The third-order valence-electron chi connectivity index (χ3n) is 4.55. The van der Waals surface area contributed by atoms with Gasteiger partial charge in [-0.3, -0.25) is 0 Å². The largest absolute Gasteiger partial charge is 0.416 e. The van der Waals surface area contributed by atoms with Gasteiger partial charge in [0.1, 0.15) is 0 Å². The average Bonchev–Trinajstić information content (AvgIpc) is 3.16. The number of carbonyl (C=O) groups is 1. The van der Waals surface area contributed by atoms with Crippen molar-refractivity contribution in [3.05, 3.63) is 52.2 Å². The fourth-order valence-electron chi connectivity index (χ4n) is 3.02. The lowest BCUT2D eigenvalue weighted by molar-refractivity contribution is -0.137. The highest BCUT2D eigenvalue weighted by Crippen LogP contribution is 2.37. The molecule has 3 rings (SSSR count). The number of anilines is 1. The van der Waals surface area contributed by atoms with E-state index in [9.17, 15) is 18.0 Å². The van der Waals surface area contributed by atoms with Gasteiger partial charge in [-0.25, -0.2) is 4.79 Å².